The van der Waals surface area contributed by atoms with Crippen LogP contribution >= 0.6 is 11.6 Å². The lowest BCUT2D eigenvalue weighted by atomic mass is 10.1. The van der Waals surface area contributed by atoms with Crippen molar-refractivity contribution in [2.24, 2.45) is 0 Å². The number of ether oxygens (including phenoxy) is 2. The van der Waals surface area contributed by atoms with Crippen LogP contribution in [0.1, 0.15) is 27.6 Å². The zero-order valence-corrected chi connectivity index (χ0v) is 14.4. The van der Waals surface area contributed by atoms with Gasteiger partial charge in [0.05, 0.1) is 17.7 Å². The Morgan fingerprint density at radius 1 is 1.08 bits per heavy atom. The van der Waals surface area contributed by atoms with E-state index in [0.29, 0.717) is 22.0 Å². The van der Waals surface area contributed by atoms with E-state index in [1.807, 2.05) is 0 Å². The molecule has 0 aliphatic carbocycles. The zero-order valence-electron chi connectivity index (χ0n) is 13.7. The number of ketones is 1. The van der Waals surface area contributed by atoms with Crippen LogP contribution in [0.2, 0.25) is 5.02 Å². The number of esters is 1. The number of nitrogens with one attached hydrogen (secondary N) is 1. The molecule has 0 saturated carbocycles. The fourth-order valence-corrected chi connectivity index (χ4v) is 2.32. The molecule has 0 bridgehead atoms. The third-order valence-corrected chi connectivity index (χ3v) is 3.52. The van der Waals surface area contributed by atoms with Gasteiger partial charge in [0.1, 0.15) is 5.75 Å². The summed E-state index contributed by atoms with van der Waals surface area (Å²) in [6.45, 7) is 0.940. The van der Waals surface area contributed by atoms with E-state index >= 15 is 0 Å². The van der Waals surface area contributed by atoms with Crippen LogP contribution in [0.15, 0.2) is 42.5 Å². The van der Waals surface area contributed by atoms with Crippen molar-refractivity contribution in [2.75, 3.05) is 19.0 Å². The molecule has 0 fully saturated rings. The zero-order chi connectivity index (χ0) is 18.4. The summed E-state index contributed by atoms with van der Waals surface area (Å²) in [6, 6.07) is 10.8. The molecule has 0 radical (unpaired) electrons. The summed E-state index contributed by atoms with van der Waals surface area (Å²) in [5, 5.41) is 2.86. The van der Waals surface area contributed by atoms with Gasteiger partial charge in [-0.2, -0.15) is 0 Å². The van der Waals surface area contributed by atoms with Crippen molar-refractivity contribution in [2.45, 2.75) is 6.92 Å². The molecule has 1 N–H and O–H groups in total. The second kappa shape index (κ2) is 8.30. The first-order valence-electron chi connectivity index (χ1n) is 7.32. The second-order valence-corrected chi connectivity index (χ2v) is 5.52. The molecule has 0 aromatic heterocycles. The van der Waals surface area contributed by atoms with Crippen molar-refractivity contribution in [1.29, 1.82) is 0 Å². The Morgan fingerprint density at radius 2 is 1.84 bits per heavy atom. The number of carbonyl (C=O) groups excluding carboxylic acids is 3. The van der Waals surface area contributed by atoms with Gasteiger partial charge >= 0.3 is 5.97 Å². The molecule has 0 aliphatic heterocycles. The number of amides is 1. The molecule has 0 unspecified atom stereocenters. The lowest BCUT2D eigenvalue weighted by Gasteiger charge is -2.08. The average molecular weight is 362 g/mol. The lowest BCUT2D eigenvalue weighted by Crippen LogP contribution is -2.15. The Bertz CT molecular complexity index is 819. The number of halogens is 1. The molecule has 1 amide bonds. The quantitative estimate of drug-likeness (QED) is 0.630. The van der Waals surface area contributed by atoms with Crippen molar-refractivity contribution in [3.8, 4) is 5.75 Å². The molecule has 2 aromatic carbocycles. The molecule has 2 rings (SSSR count). The van der Waals surface area contributed by atoms with Crippen molar-refractivity contribution >= 4 is 34.9 Å². The number of anilines is 1. The molecule has 0 spiro atoms. The fourth-order valence-electron chi connectivity index (χ4n) is 2.06. The van der Waals surface area contributed by atoms with Gasteiger partial charge in [-0.15, -0.1) is 0 Å². The normalized spacial score (nSPS) is 10.0. The predicted molar refractivity (Wildman–Crippen MR) is 93.4 cm³/mol. The summed E-state index contributed by atoms with van der Waals surface area (Å²) in [7, 11) is 1.47. The Kier molecular flexibility index (Phi) is 6.14. The van der Waals surface area contributed by atoms with Gasteiger partial charge in [-0.25, -0.2) is 4.79 Å². The van der Waals surface area contributed by atoms with Gasteiger partial charge in [-0.3, -0.25) is 9.59 Å². The Balaban J connectivity index is 2.00. The fraction of sp³-hybridized carbons (Fsp3) is 0.167. The van der Waals surface area contributed by atoms with Crippen LogP contribution in [0.3, 0.4) is 0 Å². The van der Waals surface area contributed by atoms with Crippen molar-refractivity contribution in [1.82, 2.24) is 0 Å². The summed E-state index contributed by atoms with van der Waals surface area (Å²) < 4.78 is 10.0. The molecule has 25 heavy (non-hydrogen) atoms. The number of methoxy groups -OCH3 is 1. The van der Waals surface area contributed by atoms with Crippen LogP contribution in [0.25, 0.3) is 0 Å². The number of hydrogen-bond donors (Lipinski definition) is 1. The summed E-state index contributed by atoms with van der Waals surface area (Å²) in [5.74, 6) is -0.863. The Labute approximate surface area is 149 Å². The van der Waals surface area contributed by atoms with E-state index in [1.165, 1.54) is 38.3 Å². The van der Waals surface area contributed by atoms with E-state index in [1.54, 1.807) is 18.2 Å². The summed E-state index contributed by atoms with van der Waals surface area (Å²) in [4.78, 5) is 35.2. The molecule has 7 heteroatoms. The van der Waals surface area contributed by atoms with Crippen LogP contribution < -0.4 is 10.1 Å². The van der Waals surface area contributed by atoms with Gasteiger partial charge in [0.15, 0.2) is 12.4 Å². The molecule has 6 nitrogen and oxygen atoms in total. The maximum Gasteiger partial charge on any atom is 0.338 e. The van der Waals surface area contributed by atoms with Crippen LogP contribution in [0.4, 0.5) is 5.69 Å². The molecular weight excluding hydrogens is 346 g/mol. The molecule has 2 aromatic rings. The minimum Gasteiger partial charge on any atom is -0.495 e. The Hall–Kier alpha value is -2.86. The van der Waals surface area contributed by atoms with Gasteiger partial charge in [0, 0.05) is 18.2 Å². The highest BCUT2D eigenvalue weighted by atomic mass is 35.5. The minimum absolute atomic E-state index is 0.229. The molecular formula is C18H16ClNO5. The number of rotatable bonds is 6. The van der Waals surface area contributed by atoms with E-state index in [9.17, 15) is 14.4 Å². The number of Topliss-reactive ketones (excluding diaryl/α,β-unsaturated/α-hetero) is 1. The van der Waals surface area contributed by atoms with Gasteiger partial charge < -0.3 is 14.8 Å². The summed E-state index contributed by atoms with van der Waals surface area (Å²) in [5.41, 5.74) is 1.01. The first kappa shape index (κ1) is 18.5. The lowest BCUT2D eigenvalue weighted by molar-refractivity contribution is -0.114. The highest BCUT2D eigenvalue weighted by Crippen LogP contribution is 2.25. The maximum absolute atomic E-state index is 12.1. The average Bonchev–Trinajstić information content (AvgIpc) is 2.58. The van der Waals surface area contributed by atoms with E-state index in [-0.39, 0.29) is 11.5 Å². The van der Waals surface area contributed by atoms with Gasteiger partial charge in [-0.05, 0) is 36.4 Å². The highest BCUT2D eigenvalue weighted by molar-refractivity contribution is 6.32. The third-order valence-electron chi connectivity index (χ3n) is 3.23. The molecule has 0 saturated heterocycles. The van der Waals surface area contributed by atoms with Crippen LogP contribution in [0, 0.1) is 0 Å². The van der Waals surface area contributed by atoms with Crippen LogP contribution in [-0.2, 0) is 9.53 Å². The molecule has 130 valence electrons. The largest absolute Gasteiger partial charge is 0.495 e. The minimum atomic E-state index is -0.667. The maximum atomic E-state index is 12.1. The third kappa shape index (κ3) is 5.06. The first-order valence-corrected chi connectivity index (χ1v) is 7.70. The van der Waals surface area contributed by atoms with Crippen LogP contribution in [-0.4, -0.2) is 31.4 Å². The van der Waals surface area contributed by atoms with E-state index in [0.717, 1.165) is 0 Å². The topological polar surface area (TPSA) is 81.7 Å². The Morgan fingerprint density at radius 3 is 2.48 bits per heavy atom. The van der Waals surface area contributed by atoms with Crippen molar-refractivity contribution in [3.63, 3.8) is 0 Å². The van der Waals surface area contributed by atoms with E-state index in [2.05, 4.69) is 5.32 Å². The standard InChI is InChI=1S/C18H16ClNO5/c1-11(21)20-14-5-3-4-13(8-14)18(23)25-10-16(22)12-6-7-17(24-2)15(19)9-12/h3-9H,10H2,1-2H3,(H,20,21). The molecule has 0 aliphatic rings. The van der Waals surface area contributed by atoms with Crippen molar-refractivity contribution in [3.05, 3.63) is 58.6 Å². The number of carbonyl (C=O) groups is 3. The monoisotopic (exact) mass is 361 g/mol. The highest BCUT2D eigenvalue weighted by Gasteiger charge is 2.14. The second-order valence-electron chi connectivity index (χ2n) is 5.11. The van der Waals surface area contributed by atoms with Gasteiger partial charge in [0.25, 0.3) is 0 Å². The van der Waals surface area contributed by atoms with Crippen molar-refractivity contribution < 1.29 is 23.9 Å². The number of hydrogen-bond acceptors (Lipinski definition) is 5. The SMILES string of the molecule is COc1ccc(C(=O)COC(=O)c2cccc(NC(C)=O)c2)cc1Cl. The van der Waals surface area contributed by atoms with Gasteiger partial charge in [0.2, 0.25) is 5.91 Å². The van der Waals surface area contributed by atoms with E-state index in [4.69, 9.17) is 21.1 Å². The number of benzene rings is 2. The predicted octanol–water partition coefficient (Wildman–Crippen LogP) is 3.35. The molecule has 0 heterocycles. The summed E-state index contributed by atoms with van der Waals surface area (Å²) in [6.07, 6.45) is 0. The summed E-state index contributed by atoms with van der Waals surface area (Å²) >= 11 is 5.97. The van der Waals surface area contributed by atoms with Crippen LogP contribution in [0.5, 0.6) is 5.75 Å². The van der Waals surface area contributed by atoms with E-state index < -0.39 is 18.4 Å². The first-order chi connectivity index (χ1) is 11.9. The smallest absolute Gasteiger partial charge is 0.338 e. The molecule has 0 atom stereocenters. The van der Waals surface area contributed by atoms with Gasteiger partial charge in [-0.1, -0.05) is 17.7 Å².